The van der Waals surface area contributed by atoms with Crippen LogP contribution >= 0.6 is 0 Å². The number of likely N-dealkylation sites (tertiary alicyclic amines) is 1. The number of methoxy groups -OCH3 is 1. The molecule has 4 rings (SSSR count). The molecule has 9 nitrogen and oxygen atoms in total. The number of nitrogens with zero attached hydrogens (tertiary/aromatic N) is 2. The number of aliphatic hydroxyl groups excluding tert-OH is 1. The van der Waals surface area contributed by atoms with Crippen LogP contribution in [-0.4, -0.2) is 85.7 Å². The molecule has 2 aliphatic rings. The number of Topliss-reactive ketones (excluding diaryl/α,β-unsaturated/α-hetero) is 1. The summed E-state index contributed by atoms with van der Waals surface area (Å²) in [6, 6.07) is 12.5. The summed E-state index contributed by atoms with van der Waals surface area (Å²) in [7, 11) is 1.30. The molecule has 1 N–H and O–H groups in total. The number of esters is 1. The van der Waals surface area contributed by atoms with Crippen LogP contribution in [0.5, 0.6) is 5.75 Å². The van der Waals surface area contributed by atoms with Crippen molar-refractivity contribution < 1.29 is 33.7 Å². The van der Waals surface area contributed by atoms with Crippen LogP contribution in [0.25, 0.3) is 5.76 Å². The average molecular weight is 509 g/mol. The first-order valence-electron chi connectivity index (χ1n) is 12.4. The van der Waals surface area contributed by atoms with E-state index in [1.165, 1.54) is 12.0 Å². The average Bonchev–Trinajstić information content (AvgIpc) is 3.18. The van der Waals surface area contributed by atoms with Gasteiger partial charge in [-0.3, -0.25) is 14.5 Å². The molecule has 196 valence electrons. The smallest absolute Gasteiger partial charge is 0.337 e. The predicted molar refractivity (Wildman–Crippen MR) is 136 cm³/mol. The largest absolute Gasteiger partial charge is 0.507 e. The van der Waals surface area contributed by atoms with Gasteiger partial charge in [0.05, 0.1) is 44.1 Å². The molecular formula is C28H32N2O7. The fourth-order valence-electron chi connectivity index (χ4n) is 4.72. The van der Waals surface area contributed by atoms with Crippen LogP contribution in [0.15, 0.2) is 54.1 Å². The molecule has 2 heterocycles. The minimum absolute atomic E-state index is 0.0100. The SMILES string of the molecule is CCOc1cccc(C(O)=C2C(=O)C(=O)N(CCCN3CCOCC3)C2c2ccc(C(=O)OC)cc2)c1. The molecule has 0 bridgehead atoms. The second-order valence-corrected chi connectivity index (χ2v) is 8.87. The lowest BCUT2D eigenvalue weighted by Gasteiger charge is -2.29. The maximum atomic E-state index is 13.3. The Morgan fingerprint density at radius 1 is 1.05 bits per heavy atom. The molecule has 1 amide bonds. The molecule has 0 radical (unpaired) electrons. The third-order valence-corrected chi connectivity index (χ3v) is 6.58. The lowest BCUT2D eigenvalue weighted by molar-refractivity contribution is -0.140. The van der Waals surface area contributed by atoms with E-state index in [1.54, 1.807) is 48.5 Å². The first kappa shape index (κ1) is 26.4. The molecular weight excluding hydrogens is 476 g/mol. The zero-order chi connectivity index (χ0) is 26.4. The van der Waals surface area contributed by atoms with E-state index in [2.05, 4.69) is 4.90 Å². The minimum Gasteiger partial charge on any atom is -0.507 e. The van der Waals surface area contributed by atoms with Gasteiger partial charge in [0.2, 0.25) is 0 Å². The van der Waals surface area contributed by atoms with Crippen LogP contribution < -0.4 is 4.74 Å². The van der Waals surface area contributed by atoms with Crippen LogP contribution in [0.3, 0.4) is 0 Å². The van der Waals surface area contributed by atoms with Crippen molar-refractivity contribution in [2.75, 3.05) is 53.1 Å². The van der Waals surface area contributed by atoms with E-state index in [0.29, 0.717) is 55.2 Å². The van der Waals surface area contributed by atoms with E-state index in [-0.39, 0.29) is 11.3 Å². The number of carbonyl (C=O) groups is 3. The highest BCUT2D eigenvalue weighted by molar-refractivity contribution is 6.46. The molecule has 2 aromatic rings. The Labute approximate surface area is 216 Å². The summed E-state index contributed by atoms with van der Waals surface area (Å²) in [5.74, 6) is -1.61. The summed E-state index contributed by atoms with van der Waals surface area (Å²) in [6.45, 7) is 6.41. The zero-order valence-electron chi connectivity index (χ0n) is 21.1. The lowest BCUT2D eigenvalue weighted by Crippen LogP contribution is -2.39. The topological polar surface area (TPSA) is 106 Å². The van der Waals surface area contributed by atoms with Crippen molar-refractivity contribution in [1.82, 2.24) is 9.80 Å². The van der Waals surface area contributed by atoms with Gasteiger partial charge in [-0.1, -0.05) is 24.3 Å². The third-order valence-electron chi connectivity index (χ3n) is 6.58. The molecule has 9 heteroatoms. The van der Waals surface area contributed by atoms with Crippen molar-refractivity contribution in [3.8, 4) is 5.75 Å². The molecule has 37 heavy (non-hydrogen) atoms. The highest BCUT2D eigenvalue weighted by Gasteiger charge is 2.45. The molecule has 0 aliphatic carbocycles. The van der Waals surface area contributed by atoms with Crippen LogP contribution in [0.1, 0.15) is 40.9 Å². The van der Waals surface area contributed by atoms with E-state index in [9.17, 15) is 19.5 Å². The molecule has 1 unspecified atom stereocenters. The second kappa shape index (κ2) is 12.0. The number of benzene rings is 2. The maximum absolute atomic E-state index is 13.3. The molecule has 2 aliphatic heterocycles. The summed E-state index contributed by atoms with van der Waals surface area (Å²) < 4.78 is 15.7. The van der Waals surface area contributed by atoms with Gasteiger partial charge in [0.1, 0.15) is 11.5 Å². The van der Waals surface area contributed by atoms with Gasteiger partial charge in [0.15, 0.2) is 0 Å². The molecule has 2 aromatic carbocycles. The lowest BCUT2D eigenvalue weighted by atomic mass is 9.94. The number of ether oxygens (including phenoxy) is 3. The van der Waals surface area contributed by atoms with Gasteiger partial charge in [-0.2, -0.15) is 0 Å². The van der Waals surface area contributed by atoms with Crippen molar-refractivity contribution >= 4 is 23.4 Å². The van der Waals surface area contributed by atoms with Crippen molar-refractivity contribution in [3.63, 3.8) is 0 Å². The van der Waals surface area contributed by atoms with Gasteiger partial charge < -0.3 is 24.2 Å². The van der Waals surface area contributed by atoms with Gasteiger partial charge in [-0.25, -0.2) is 4.79 Å². The Balaban J connectivity index is 1.69. The van der Waals surface area contributed by atoms with Gasteiger partial charge in [-0.15, -0.1) is 0 Å². The second-order valence-electron chi connectivity index (χ2n) is 8.87. The van der Waals surface area contributed by atoms with Crippen molar-refractivity contribution in [3.05, 3.63) is 70.8 Å². The summed E-state index contributed by atoms with van der Waals surface area (Å²) in [4.78, 5) is 42.2. The molecule has 2 saturated heterocycles. The highest BCUT2D eigenvalue weighted by atomic mass is 16.5. The maximum Gasteiger partial charge on any atom is 0.337 e. The number of hydrogen-bond donors (Lipinski definition) is 1. The molecule has 1 atom stereocenters. The van der Waals surface area contributed by atoms with Gasteiger partial charge in [0, 0.05) is 31.7 Å². The number of rotatable bonds is 9. The first-order valence-corrected chi connectivity index (χ1v) is 12.4. The normalized spacial score (nSPS) is 19.7. The van der Waals surface area contributed by atoms with Crippen LogP contribution in [0.2, 0.25) is 0 Å². The van der Waals surface area contributed by atoms with Crippen LogP contribution in [0.4, 0.5) is 0 Å². The number of amides is 1. The minimum atomic E-state index is -0.799. The number of morpholine rings is 1. The fourth-order valence-corrected chi connectivity index (χ4v) is 4.72. The van der Waals surface area contributed by atoms with E-state index in [1.807, 2.05) is 6.92 Å². The Hall–Kier alpha value is -3.69. The molecule has 0 spiro atoms. The number of aliphatic hydroxyl groups is 1. The summed E-state index contributed by atoms with van der Waals surface area (Å²) in [5.41, 5.74) is 1.35. The van der Waals surface area contributed by atoms with Crippen LogP contribution in [-0.2, 0) is 19.1 Å². The number of hydrogen-bond acceptors (Lipinski definition) is 8. The Kier molecular flexibility index (Phi) is 8.58. The van der Waals surface area contributed by atoms with Gasteiger partial charge in [-0.05, 0) is 43.2 Å². The van der Waals surface area contributed by atoms with Gasteiger partial charge in [0.25, 0.3) is 11.7 Å². The number of ketones is 1. The van der Waals surface area contributed by atoms with E-state index in [0.717, 1.165) is 19.6 Å². The van der Waals surface area contributed by atoms with Crippen molar-refractivity contribution in [2.45, 2.75) is 19.4 Å². The molecule has 2 fully saturated rings. The third kappa shape index (κ3) is 5.84. The van der Waals surface area contributed by atoms with E-state index < -0.39 is 23.7 Å². The van der Waals surface area contributed by atoms with Crippen molar-refractivity contribution in [1.29, 1.82) is 0 Å². The zero-order valence-corrected chi connectivity index (χ0v) is 21.1. The molecule has 0 saturated carbocycles. The van der Waals surface area contributed by atoms with Gasteiger partial charge >= 0.3 is 5.97 Å². The monoisotopic (exact) mass is 508 g/mol. The first-order chi connectivity index (χ1) is 17.9. The summed E-state index contributed by atoms with van der Waals surface area (Å²) in [6.07, 6.45) is 0.656. The molecule has 0 aromatic heterocycles. The predicted octanol–water partition coefficient (Wildman–Crippen LogP) is 3.02. The van der Waals surface area contributed by atoms with Crippen molar-refractivity contribution in [2.24, 2.45) is 0 Å². The Morgan fingerprint density at radius 3 is 2.46 bits per heavy atom. The summed E-state index contributed by atoms with van der Waals surface area (Å²) >= 11 is 0. The fraction of sp³-hybridized carbons (Fsp3) is 0.393. The highest BCUT2D eigenvalue weighted by Crippen LogP contribution is 2.40. The van der Waals surface area contributed by atoms with Crippen LogP contribution in [0, 0.1) is 0 Å². The standard InChI is InChI=1S/C28H32N2O7/c1-3-37-22-7-4-6-21(18-22)25(31)23-24(19-8-10-20(11-9-19)28(34)35-2)30(27(33)26(23)32)13-5-12-29-14-16-36-17-15-29/h4,6-11,18,24,31H,3,5,12-17H2,1-2H3. The Morgan fingerprint density at radius 2 is 1.78 bits per heavy atom. The quantitative estimate of drug-likeness (QED) is 0.239. The number of carbonyl (C=O) groups excluding carboxylic acids is 3. The van der Waals surface area contributed by atoms with E-state index >= 15 is 0 Å². The summed E-state index contributed by atoms with van der Waals surface area (Å²) in [5, 5.41) is 11.3. The van der Waals surface area contributed by atoms with E-state index in [4.69, 9.17) is 14.2 Å². The Bertz CT molecular complexity index is 1170.